The number of rotatable bonds is 5. The minimum Gasteiger partial charge on any atom is -0.507 e. The summed E-state index contributed by atoms with van der Waals surface area (Å²) in [5, 5.41) is 10.4. The monoisotopic (exact) mass is 409 g/mol. The van der Waals surface area contributed by atoms with Gasteiger partial charge in [-0.25, -0.2) is 15.0 Å². The Bertz CT molecular complexity index is 1280. The third-order valence-electron chi connectivity index (χ3n) is 4.51. The summed E-state index contributed by atoms with van der Waals surface area (Å²) in [5.74, 6) is 5.31. The minimum atomic E-state index is 0.0903. The molecule has 0 spiro atoms. The highest BCUT2D eigenvalue weighted by atomic mass is 16.5. The summed E-state index contributed by atoms with van der Waals surface area (Å²) in [7, 11) is 1.60. The molecule has 0 saturated heterocycles. The second kappa shape index (κ2) is 8.97. The van der Waals surface area contributed by atoms with Crippen LogP contribution in [0.4, 0.5) is 0 Å². The number of aromatic nitrogens is 3. The van der Waals surface area contributed by atoms with Crippen LogP contribution in [0.5, 0.6) is 17.2 Å². The molecule has 0 atom stereocenters. The van der Waals surface area contributed by atoms with E-state index >= 15 is 0 Å². The predicted molar refractivity (Wildman–Crippen MR) is 118 cm³/mol. The number of ether oxygens (including phenoxy) is 2. The van der Waals surface area contributed by atoms with Gasteiger partial charge in [-0.3, -0.25) is 0 Å². The number of hydrogen-bond donors (Lipinski definition) is 1. The van der Waals surface area contributed by atoms with E-state index < -0.39 is 0 Å². The maximum absolute atomic E-state index is 10.4. The molecule has 0 bridgehead atoms. The van der Waals surface area contributed by atoms with Crippen molar-refractivity contribution in [2.45, 2.75) is 6.92 Å². The average Bonchev–Trinajstić information content (AvgIpc) is 2.83. The lowest BCUT2D eigenvalue weighted by Gasteiger charge is -2.11. The lowest BCUT2D eigenvalue weighted by molar-refractivity contribution is 0.416. The van der Waals surface area contributed by atoms with Crippen molar-refractivity contribution in [3.05, 3.63) is 72.8 Å². The number of hydrogen-bond acceptors (Lipinski definition) is 6. The number of methoxy groups -OCH3 is 1. The molecule has 4 rings (SSSR count). The Morgan fingerprint density at radius 2 is 1.35 bits per heavy atom. The number of benzene rings is 3. The van der Waals surface area contributed by atoms with Gasteiger partial charge in [0.05, 0.1) is 18.2 Å². The fraction of sp³-hybridized carbons (Fsp3) is 0.0800. The summed E-state index contributed by atoms with van der Waals surface area (Å²) < 4.78 is 10.8. The maximum Gasteiger partial charge on any atom is 0.167 e. The second-order valence-electron chi connectivity index (χ2n) is 6.50. The highest BCUT2D eigenvalue weighted by molar-refractivity contribution is 5.71. The molecular formula is C25H19N3O3. The van der Waals surface area contributed by atoms with E-state index in [4.69, 9.17) is 9.47 Å². The van der Waals surface area contributed by atoms with Gasteiger partial charge in [0.1, 0.15) is 23.4 Å². The minimum absolute atomic E-state index is 0.0903. The van der Waals surface area contributed by atoms with E-state index in [-0.39, 0.29) is 5.75 Å². The van der Waals surface area contributed by atoms with Gasteiger partial charge in [-0.15, -0.1) is 0 Å². The normalized spacial score (nSPS) is 10.1. The van der Waals surface area contributed by atoms with Crippen molar-refractivity contribution in [3.8, 4) is 63.4 Å². The highest BCUT2D eigenvalue weighted by Crippen LogP contribution is 2.32. The molecule has 0 saturated carbocycles. The van der Waals surface area contributed by atoms with Crippen LogP contribution in [0.15, 0.2) is 72.8 Å². The van der Waals surface area contributed by atoms with Gasteiger partial charge in [0.2, 0.25) is 0 Å². The summed E-state index contributed by atoms with van der Waals surface area (Å²) in [5.41, 5.74) is 2.01. The molecule has 0 amide bonds. The topological polar surface area (TPSA) is 77.4 Å². The van der Waals surface area contributed by atoms with Gasteiger partial charge in [0.25, 0.3) is 0 Å². The summed E-state index contributed by atoms with van der Waals surface area (Å²) in [6, 6.07) is 21.7. The van der Waals surface area contributed by atoms with Crippen molar-refractivity contribution in [1.82, 2.24) is 15.0 Å². The standard InChI is InChI=1S/C25H19N3O3/c1-3-16-31-18-14-12-17(13-15-18)23-26-24(19-8-4-6-10-21(19)29)28-25(27-23)20-9-5-7-11-22(20)30-2/h4-15,29H,1-2H3. The van der Waals surface area contributed by atoms with Crippen LogP contribution in [0.2, 0.25) is 0 Å². The first-order valence-electron chi connectivity index (χ1n) is 9.56. The summed E-state index contributed by atoms with van der Waals surface area (Å²) in [6.45, 7) is 1.71. The third kappa shape index (κ3) is 4.31. The van der Waals surface area contributed by atoms with Gasteiger partial charge in [-0.1, -0.05) is 30.2 Å². The van der Waals surface area contributed by atoms with Crippen LogP contribution >= 0.6 is 0 Å². The molecule has 1 heterocycles. The van der Waals surface area contributed by atoms with Gasteiger partial charge in [0.15, 0.2) is 17.5 Å². The van der Waals surface area contributed by atoms with E-state index in [1.165, 1.54) is 0 Å². The predicted octanol–water partition coefficient (Wildman–Crippen LogP) is 4.95. The van der Waals surface area contributed by atoms with Gasteiger partial charge in [-0.05, 0) is 48.5 Å². The first-order valence-corrected chi connectivity index (χ1v) is 9.56. The highest BCUT2D eigenvalue weighted by Gasteiger charge is 2.16. The Morgan fingerprint density at radius 1 is 0.742 bits per heavy atom. The largest absolute Gasteiger partial charge is 0.507 e. The van der Waals surface area contributed by atoms with Crippen LogP contribution in [0.25, 0.3) is 34.2 Å². The van der Waals surface area contributed by atoms with Crippen LogP contribution in [0.3, 0.4) is 0 Å². The van der Waals surface area contributed by atoms with E-state index in [2.05, 4.69) is 27.0 Å². The van der Waals surface area contributed by atoms with Gasteiger partial charge in [-0.2, -0.15) is 0 Å². The molecule has 1 aromatic heterocycles. The van der Waals surface area contributed by atoms with Crippen LogP contribution in [-0.4, -0.2) is 27.2 Å². The molecule has 0 aliphatic carbocycles. The average molecular weight is 409 g/mol. The summed E-state index contributed by atoms with van der Waals surface area (Å²) in [4.78, 5) is 13.9. The Morgan fingerprint density at radius 3 is 2.03 bits per heavy atom. The molecule has 152 valence electrons. The fourth-order valence-electron chi connectivity index (χ4n) is 3.02. The fourth-order valence-corrected chi connectivity index (χ4v) is 3.02. The molecule has 0 aliphatic heterocycles. The van der Waals surface area contributed by atoms with E-state index in [0.29, 0.717) is 34.5 Å². The Balaban J connectivity index is 1.87. The molecule has 0 unspecified atom stereocenters. The zero-order chi connectivity index (χ0) is 21.6. The second-order valence-corrected chi connectivity index (χ2v) is 6.50. The van der Waals surface area contributed by atoms with Crippen molar-refractivity contribution in [2.24, 2.45) is 0 Å². The summed E-state index contributed by atoms with van der Waals surface area (Å²) >= 11 is 0. The maximum atomic E-state index is 10.4. The van der Waals surface area contributed by atoms with Crippen LogP contribution < -0.4 is 9.47 Å². The van der Waals surface area contributed by atoms with Crippen molar-refractivity contribution in [1.29, 1.82) is 0 Å². The molecule has 6 heteroatoms. The molecule has 0 radical (unpaired) electrons. The van der Waals surface area contributed by atoms with Crippen molar-refractivity contribution >= 4 is 0 Å². The molecule has 4 aromatic rings. The van der Waals surface area contributed by atoms with E-state index in [9.17, 15) is 5.11 Å². The van der Waals surface area contributed by atoms with Crippen LogP contribution in [-0.2, 0) is 0 Å². The zero-order valence-corrected chi connectivity index (χ0v) is 17.0. The molecule has 31 heavy (non-hydrogen) atoms. The SMILES string of the molecule is CC#COc1ccc(-c2nc(-c3ccccc3O)nc(-c3ccccc3OC)n2)cc1. The molecule has 0 fully saturated rings. The zero-order valence-electron chi connectivity index (χ0n) is 17.0. The lowest BCUT2D eigenvalue weighted by Crippen LogP contribution is -2.01. The van der Waals surface area contributed by atoms with E-state index in [0.717, 1.165) is 11.1 Å². The number of aromatic hydroxyl groups is 1. The summed E-state index contributed by atoms with van der Waals surface area (Å²) in [6.07, 6.45) is 2.57. The van der Waals surface area contributed by atoms with Crippen molar-refractivity contribution in [2.75, 3.05) is 7.11 Å². The van der Waals surface area contributed by atoms with Crippen molar-refractivity contribution < 1.29 is 14.6 Å². The quantitative estimate of drug-likeness (QED) is 0.470. The van der Waals surface area contributed by atoms with Crippen LogP contribution in [0, 0.1) is 12.0 Å². The van der Waals surface area contributed by atoms with Gasteiger partial charge >= 0.3 is 0 Å². The number of phenols is 1. The smallest absolute Gasteiger partial charge is 0.167 e. The van der Waals surface area contributed by atoms with Crippen molar-refractivity contribution in [3.63, 3.8) is 0 Å². The Labute approximate surface area is 180 Å². The molecule has 3 aromatic carbocycles. The molecule has 6 nitrogen and oxygen atoms in total. The molecule has 1 N–H and O–H groups in total. The third-order valence-corrected chi connectivity index (χ3v) is 4.51. The number of para-hydroxylation sites is 2. The van der Waals surface area contributed by atoms with Crippen LogP contribution in [0.1, 0.15) is 6.92 Å². The van der Waals surface area contributed by atoms with Gasteiger partial charge in [0, 0.05) is 12.5 Å². The van der Waals surface area contributed by atoms with Gasteiger partial charge < -0.3 is 14.6 Å². The first kappa shape index (κ1) is 19.9. The number of phenolic OH excluding ortho intramolecular Hbond substituents is 1. The molecular weight excluding hydrogens is 390 g/mol. The van der Waals surface area contributed by atoms with E-state index in [1.807, 2.05) is 42.5 Å². The first-order chi connectivity index (χ1) is 15.2. The Kier molecular flexibility index (Phi) is 5.77. The molecule has 0 aliphatic rings. The lowest BCUT2D eigenvalue weighted by atomic mass is 10.1. The number of nitrogens with zero attached hydrogens (tertiary/aromatic N) is 3. The Hall–Kier alpha value is -4.37. The van der Waals surface area contributed by atoms with E-state index in [1.54, 1.807) is 44.4 Å².